The van der Waals surface area contributed by atoms with Gasteiger partial charge in [0.2, 0.25) is 0 Å². The summed E-state index contributed by atoms with van der Waals surface area (Å²) in [5.74, 6) is -0.134. The molecule has 2 aromatic rings. The second-order valence-electron chi connectivity index (χ2n) is 7.41. The summed E-state index contributed by atoms with van der Waals surface area (Å²) in [5, 5.41) is 3.51. The van der Waals surface area contributed by atoms with Crippen LogP contribution in [-0.4, -0.2) is 36.0 Å². The summed E-state index contributed by atoms with van der Waals surface area (Å²) in [7, 11) is 0. The quantitative estimate of drug-likeness (QED) is 0.817. The molecule has 0 bridgehead atoms. The maximum Gasteiger partial charge on any atom is 0.257 e. The fourth-order valence-corrected chi connectivity index (χ4v) is 4.36. The summed E-state index contributed by atoms with van der Waals surface area (Å²) in [4.78, 5) is 30.0. The molecule has 1 N–H and O–H groups in total. The number of benzene rings is 2. The Morgan fingerprint density at radius 3 is 2.82 bits per heavy atom. The number of hydrogen-bond donors (Lipinski definition) is 1. The van der Waals surface area contributed by atoms with E-state index in [0.717, 1.165) is 43.6 Å². The number of fused-ring (bicyclic) bond motifs is 2. The number of nitrogens with one attached hydrogen (secondary N) is 1. The first kappa shape index (κ1) is 18.8. The Morgan fingerprint density at radius 2 is 2.04 bits per heavy atom. The van der Waals surface area contributed by atoms with Crippen LogP contribution in [0.15, 0.2) is 36.4 Å². The highest BCUT2D eigenvalue weighted by molar-refractivity contribution is 6.31. The predicted molar refractivity (Wildman–Crippen MR) is 112 cm³/mol. The highest BCUT2D eigenvalue weighted by atomic mass is 35.5. The number of hydrogen-bond acceptors (Lipinski definition) is 3. The first-order valence-corrected chi connectivity index (χ1v) is 10.2. The third-order valence-corrected chi connectivity index (χ3v) is 5.92. The van der Waals surface area contributed by atoms with E-state index < -0.39 is 0 Å². The molecule has 2 aliphatic rings. The van der Waals surface area contributed by atoms with Crippen molar-refractivity contribution in [3.63, 3.8) is 0 Å². The van der Waals surface area contributed by atoms with Crippen molar-refractivity contribution < 1.29 is 9.59 Å². The van der Waals surface area contributed by atoms with Gasteiger partial charge in [0.25, 0.3) is 11.8 Å². The number of carbonyl (C=O) groups is 2. The number of aryl methyl sites for hydroxylation is 1. The topological polar surface area (TPSA) is 52.7 Å². The fraction of sp³-hybridized carbons (Fsp3) is 0.364. The summed E-state index contributed by atoms with van der Waals surface area (Å²) in [6.45, 7) is 5.61. The van der Waals surface area contributed by atoms with Crippen LogP contribution in [0.2, 0.25) is 5.02 Å². The fourth-order valence-electron chi connectivity index (χ4n) is 4.19. The Hall–Kier alpha value is -2.53. The van der Waals surface area contributed by atoms with Gasteiger partial charge in [-0.1, -0.05) is 17.7 Å². The van der Waals surface area contributed by atoms with Gasteiger partial charge in [0, 0.05) is 29.4 Å². The minimum Gasteiger partial charge on any atom is -0.351 e. The summed E-state index contributed by atoms with van der Waals surface area (Å²) in [5.41, 5.74) is 3.70. The van der Waals surface area contributed by atoms with Crippen molar-refractivity contribution in [1.82, 2.24) is 4.90 Å². The molecule has 1 fully saturated rings. The highest BCUT2D eigenvalue weighted by Crippen LogP contribution is 2.36. The van der Waals surface area contributed by atoms with Crippen molar-refractivity contribution in [2.24, 2.45) is 0 Å². The molecule has 0 saturated carbocycles. The van der Waals surface area contributed by atoms with Gasteiger partial charge in [-0.3, -0.25) is 9.59 Å². The van der Waals surface area contributed by atoms with Crippen LogP contribution in [0.4, 0.5) is 11.4 Å². The third-order valence-electron chi connectivity index (χ3n) is 5.68. The maximum absolute atomic E-state index is 13.0. The lowest BCUT2D eigenvalue weighted by Crippen LogP contribution is -2.57. The van der Waals surface area contributed by atoms with Gasteiger partial charge in [-0.25, -0.2) is 0 Å². The first-order valence-electron chi connectivity index (χ1n) is 9.78. The molecule has 0 unspecified atom stereocenters. The zero-order valence-electron chi connectivity index (χ0n) is 16.2. The van der Waals surface area contributed by atoms with Crippen molar-refractivity contribution in [3.05, 3.63) is 58.1 Å². The van der Waals surface area contributed by atoms with E-state index in [1.165, 1.54) is 0 Å². The van der Waals surface area contributed by atoms with Crippen LogP contribution >= 0.6 is 11.6 Å². The predicted octanol–water partition coefficient (Wildman–Crippen LogP) is 4.69. The number of halogens is 1. The minimum absolute atomic E-state index is 0.0713. The Morgan fingerprint density at radius 1 is 1.21 bits per heavy atom. The van der Waals surface area contributed by atoms with Crippen LogP contribution < -0.4 is 10.2 Å². The van der Waals surface area contributed by atoms with Gasteiger partial charge in [0.15, 0.2) is 0 Å². The molecule has 0 radical (unpaired) electrons. The van der Waals surface area contributed by atoms with Gasteiger partial charge in [-0.15, -0.1) is 0 Å². The Kier molecular flexibility index (Phi) is 5.02. The molecule has 4 rings (SSSR count). The SMILES string of the molecule is CCN1c2cc(C(=O)Nc3cc(Cl)ccc3C)ccc2C(=O)N2CCCC[C@H]21. The largest absolute Gasteiger partial charge is 0.351 e. The number of nitrogens with zero attached hydrogens (tertiary/aromatic N) is 2. The number of anilines is 2. The average molecular weight is 398 g/mol. The monoisotopic (exact) mass is 397 g/mol. The summed E-state index contributed by atoms with van der Waals surface area (Å²) in [6.07, 6.45) is 3.23. The van der Waals surface area contributed by atoms with E-state index in [1.54, 1.807) is 24.3 Å². The van der Waals surface area contributed by atoms with Crippen molar-refractivity contribution in [2.75, 3.05) is 23.3 Å². The molecule has 0 aromatic heterocycles. The summed E-state index contributed by atoms with van der Waals surface area (Å²) >= 11 is 6.06. The van der Waals surface area contributed by atoms with Gasteiger partial charge in [-0.2, -0.15) is 0 Å². The van der Waals surface area contributed by atoms with Crippen LogP contribution in [0.1, 0.15) is 52.5 Å². The molecule has 2 aliphatic heterocycles. The molecule has 5 nitrogen and oxygen atoms in total. The Bertz CT molecular complexity index is 943. The van der Waals surface area contributed by atoms with E-state index in [2.05, 4.69) is 17.1 Å². The molecule has 146 valence electrons. The maximum atomic E-state index is 13.0. The van der Waals surface area contributed by atoms with Gasteiger partial charge in [0.1, 0.15) is 6.17 Å². The molecule has 0 spiro atoms. The van der Waals surface area contributed by atoms with Crippen molar-refractivity contribution in [1.29, 1.82) is 0 Å². The van der Waals surface area contributed by atoms with Crippen LogP contribution in [0.5, 0.6) is 0 Å². The molecule has 0 aliphatic carbocycles. The molecule has 6 heteroatoms. The van der Waals surface area contributed by atoms with E-state index in [1.807, 2.05) is 24.0 Å². The van der Waals surface area contributed by atoms with Crippen LogP contribution in [-0.2, 0) is 0 Å². The summed E-state index contributed by atoms with van der Waals surface area (Å²) in [6, 6.07) is 10.8. The van der Waals surface area contributed by atoms with Gasteiger partial charge in [0.05, 0.1) is 11.3 Å². The van der Waals surface area contributed by atoms with E-state index in [4.69, 9.17) is 11.6 Å². The third kappa shape index (κ3) is 3.24. The molecule has 2 amide bonds. The van der Waals surface area contributed by atoms with E-state index in [-0.39, 0.29) is 18.0 Å². The number of piperidine rings is 1. The van der Waals surface area contributed by atoms with Crippen molar-refractivity contribution in [3.8, 4) is 0 Å². The molecular formula is C22H24ClN3O2. The Balaban J connectivity index is 1.67. The zero-order valence-corrected chi connectivity index (χ0v) is 16.9. The van der Waals surface area contributed by atoms with Gasteiger partial charge < -0.3 is 15.1 Å². The molecular weight excluding hydrogens is 374 g/mol. The number of rotatable bonds is 3. The lowest BCUT2D eigenvalue weighted by Gasteiger charge is -2.47. The molecule has 2 aromatic carbocycles. The lowest BCUT2D eigenvalue weighted by molar-refractivity contribution is 0.0582. The first-order chi connectivity index (χ1) is 13.5. The standard InChI is InChI=1S/C22H24ClN3O2/c1-3-25-19-12-15(21(27)24-18-13-16(23)9-7-14(18)2)8-10-17(19)22(28)26-11-5-4-6-20(25)26/h7-10,12-13,20H,3-6,11H2,1-2H3,(H,24,27)/t20-/m0/s1. The van der Waals surface area contributed by atoms with Crippen molar-refractivity contribution in [2.45, 2.75) is 39.3 Å². The van der Waals surface area contributed by atoms with Crippen LogP contribution in [0.3, 0.4) is 0 Å². The molecule has 2 heterocycles. The van der Waals surface area contributed by atoms with E-state index in [9.17, 15) is 9.59 Å². The Labute approximate surface area is 170 Å². The second kappa shape index (κ2) is 7.47. The van der Waals surface area contributed by atoms with Gasteiger partial charge >= 0.3 is 0 Å². The summed E-state index contributed by atoms with van der Waals surface area (Å²) < 4.78 is 0. The van der Waals surface area contributed by atoms with Gasteiger partial charge in [-0.05, 0) is 69.0 Å². The number of carbonyl (C=O) groups excluding carboxylic acids is 2. The smallest absolute Gasteiger partial charge is 0.257 e. The second-order valence-corrected chi connectivity index (χ2v) is 7.84. The zero-order chi connectivity index (χ0) is 19.8. The minimum atomic E-state index is -0.206. The number of amides is 2. The molecule has 28 heavy (non-hydrogen) atoms. The lowest BCUT2D eigenvalue weighted by atomic mass is 9.97. The average Bonchev–Trinajstić information content (AvgIpc) is 2.71. The van der Waals surface area contributed by atoms with E-state index in [0.29, 0.717) is 21.8 Å². The molecule has 1 atom stereocenters. The molecule has 1 saturated heterocycles. The van der Waals surface area contributed by atoms with Crippen LogP contribution in [0, 0.1) is 6.92 Å². The normalized spacial score (nSPS) is 18.5. The van der Waals surface area contributed by atoms with Crippen LogP contribution in [0.25, 0.3) is 0 Å². The highest BCUT2D eigenvalue weighted by Gasteiger charge is 2.38. The van der Waals surface area contributed by atoms with E-state index >= 15 is 0 Å². The van der Waals surface area contributed by atoms with Crippen molar-refractivity contribution >= 4 is 34.8 Å².